The van der Waals surface area contributed by atoms with Gasteiger partial charge in [0.05, 0.1) is 0 Å². The van der Waals surface area contributed by atoms with Crippen LogP contribution in [0.25, 0.3) is 0 Å². The smallest absolute Gasteiger partial charge is 0.150 e. The van der Waals surface area contributed by atoms with Crippen molar-refractivity contribution in [2.45, 2.75) is 0 Å². The Bertz CT molecular complexity index is 1390. The van der Waals surface area contributed by atoms with Crippen molar-refractivity contribution in [3.05, 3.63) is 144 Å². The van der Waals surface area contributed by atoms with Gasteiger partial charge in [-0.2, -0.15) is 0 Å². The molecule has 0 saturated heterocycles. The predicted octanol–water partition coefficient (Wildman–Crippen LogP) is 9.84. The Morgan fingerprint density at radius 1 is 0.405 bits per heavy atom. The summed E-state index contributed by atoms with van der Waals surface area (Å²) in [6.45, 7) is 0. The topological polar surface area (TPSA) is 6.48 Å². The largest absolute Gasteiger partial charge is 0.305 e. The third-order valence-electron chi connectivity index (χ3n) is 5.73. The molecule has 0 atom stereocenters. The highest BCUT2D eigenvalue weighted by Crippen LogP contribution is 2.44. The molecule has 0 unspecified atom stereocenters. The van der Waals surface area contributed by atoms with E-state index in [0.717, 1.165) is 24.3 Å². The van der Waals surface area contributed by atoms with Crippen LogP contribution in [0.1, 0.15) is 0 Å². The fourth-order valence-corrected chi connectivity index (χ4v) is 4.41. The lowest BCUT2D eigenvalue weighted by Gasteiger charge is -2.30. The Kier molecular flexibility index (Phi) is 6.84. The van der Waals surface area contributed by atoms with Crippen molar-refractivity contribution in [1.82, 2.24) is 0 Å². The Labute approximate surface area is 216 Å². The zero-order valence-corrected chi connectivity index (χ0v) is 20.0. The number of para-hydroxylation sites is 4. The van der Waals surface area contributed by atoms with Crippen LogP contribution in [-0.4, -0.2) is 0 Å². The fourth-order valence-electron chi connectivity index (χ4n) is 4.19. The minimum absolute atomic E-state index is 0.197. The molecule has 5 aromatic carbocycles. The molecule has 2 nitrogen and oxygen atoms in total. The molecule has 0 bridgehead atoms. The molecule has 184 valence electrons. The van der Waals surface area contributed by atoms with Crippen molar-refractivity contribution in [2.75, 3.05) is 9.80 Å². The van der Waals surface area contributed by atoms with E-state index >= 15 is 17.6 Å². The van der Waals surface area contributed by atoms with Crippen LogP contribution < -0.4 is 9.80 Å². The molecule has 5 aromatic rings. The maximum atomic E-state index is 15.0. The second-order valence-electron chi connectivity index (χ2n) is 8.15. The van der Waals surface area contributed by atoms with Gasteiger partial charge in [-0.15, -0.1) is 0 Å². The number of hydrogen-bond acceptors (Lipinski definition) is 2. The van der Waals surface area contributed by atoms with E-state index in [1.165, 1.54) is 34.1 Å². The van der Waals surface area contributed by atoms with Crippen LogP contribution in [-0.2, 0) is 0 Å². The van der Waals surface area contributed by atoms with Crippen LogP contribution in [0.5, 0.6) is 0 Å². The SMILES string of the molecule is Fc1cccc(F)c1N(c1ccccc1)c1cc(Cl)cc(N(c2ccccc2)c2c(F)cccc2F)c1. The Morgan fingerprint density at radius 3 is 1.11 bits per heavy atom. The van der Waals surface area contributed by atoms with Gasteiger partial charge in [0.15, 0.2) is 0 Å². The summed E-state index contributed by atoms with van der Waals surface area (Å²) >= 11 is 6.52. The number of hydrogen-bond donors (Lipinski definition) is 0. The van der Waals surface area contributed by atoms with Gasteiger partial charge in [-0.1, -0.05) is 60.1 Å². The van der Waals surface area contributed by atoms with Gasteiger partial charge in [0.2, 0.25) is 0 Å². The van der Waals surface area contributed by atoms with E-state index in [0.29, 0.717) is 11.4 Å². The van der Waals surface area contributed by atoms with E-state index in [1.54, 1.807) is 66.7 Å². The molecule has 0 saturated carbocycles. The van der Waals surface area contributed by atoms with Crippen molar-refractivity contribution in [2.24, 2.45) is 0 Å². The van der Waals surface area contributed by atoms with Crippen LogP contribution >= 0.6 is 11.6 Å². The maximum Gasteiger partial charge on any atom is 0.150 e. The van der Waals surface area contributed by atoms with Gasteiger partial charge in [-0.3, -0.25) is 0 Å². The lowest BCUT2D eigenvalue weighted by atomic mass is 10.1. The van der Waals surface area contributed by atoms with E-state index in [4.69, 9.17) is 11.6 Å². The van der Waals surface area contributed by atoms with Gasteiger partial charge in [0.1, 0.15) is 34.6 Å². The third kappa shape index (κ3) is 4.88. The van der Waals surface area contributed by atoms with E-state index in [1.807, 2.05) is 0 Å². The summed E-state index contributed by atoms with van der Waals surface area (Å²) in [6, 6.07) is 29.1. The minimum atomic E-state index is -0.787. The Morgan fingerprint density at radius 2 is 0.757 bits per heavy atom. The first kappa shape index (κ1) is 24.4. The second kappa shape index (κ2) is 10.4. The number of halogens is 5. The molecule has 0 aliphatic heterocycles. The van der Waals surface area contributed by atoms with E-state index in [2.05, 4.69) is 0 Å². The summed E-state index contributed by atoms with van der Waals surface area (Å²) in [4.78, 5) is 2.75. The highest BCUT2D eigenvalue weighted by Gasteiger charge is 2.25. The second-order valence-corrected chi connectivity index (χ2v) is 8.59. The molecule has 0 amide bonds. The molecule has 0 fully saturated rings. The van der Waals surface area contributed by atoms with Gasteiger partial charge < -0.3 is 9.80 Å². The summed E-state index contributed by atoms with van der Waals surface area (Å²) in [5.41, 5.74) is 0.868. The molecule has 0 spiro atoms. The number of rotatable bonds is 6. The molecule has 0 aromatic heterocycles. The van der Waals surface area contributed by atoms with Gasteiger partial charge in [0.25, 0.3) is 0 Å². The average Bonchev–Trinajstić information content (AvgIpc) is 2.89. The molecule has 0 aliphatic rings. The monoisotopic (exact) mass is 518 g/mol. The third-order valence-corrected chi connectivity index (χ3v) is 5.95. The fraction of sp³-hybridized carbons (Fsp3) is 0. The van der Waals surface area contributed by atoms with Crippen molar-refractivity contribution >= 4 is 45.7 Å². The number of nitrogens with zero attached hydrogens (tertiary/aromatic N) is 2. The van der Waals surface area contributed by atoms with Crippen LogP contribution in [0.4, 0.5) is 51.7 Å². The molecular weight excluding hydrogens is 500 g/mol. The van der Waals surface area contributed by atoms with Crippen molar-refractivity contribution < 1.29 is 17.6 Å². The zero-order valence-electron chi connectivity index (χ0n) is 19.3. The van der Waals surface area contributed by atoms with Gasteiger partial charge in [0, 0.05) is 27.8 Å². The first-order valence-corrected chi connectivity index (χ1v) is 11.7. The number of anilines is 6. The van der Waals surface area contributed by atoms with Crippen LogP contribution in [0.15, 0.2) is 115 Å². The molecule has 0 radical (unpaired) electrons. The van der Waals surface area contributed by atoms with Crippen LogP contribution in [0.2, 0.25) is 5.02 Å². The lowest BCUT2D eigenvalue weighted by Crippen LogP contribution is -2.16. The summed E-state index contributed by atoms with van der Waals surface area (Å²) in [5.74, 6) is -3.15. The summed E-state index contributed by atoms with van der Waals surface area (Å²) in [7, 11) is 0. The highest BCUT2D eigenvalue weighted by molar-refractivity contribution is 6.31. The van der Waals surface area contributed by atoms with E-state index in [9.17, 15) is 0 Å². The van der Waals surface area contributed by atoms with Crippen molar-refractivity contribution in [1.29, 1.82) is 0 Å². The first-order valence-electron chi connectivity index (χ1n) is 11.3. The average molecular weight is 519 g/mol. The summed E-state index contributed by atoms with van der Waals surface area (Å²) in [5, 5.41) is 0.197. The molecular formula is C30H19ClF4N2. The van der Waals surface area contributed by atoms with Gasteiger partial charge in [-0.05, 0) is 66.7 Å². The molecule has 37 heavy (non-hydrogen) atoms. The lowest BCUT2D eigenvalue weighted by molar-refractivity contribution is 0.585. The molecule has 0 N–H and O–H groups in total. The Hall–Kier alpha value is -4.29. The minimum Gasteiger partial charge on any atom is -0.305 e. The standard InChI is InChI=1S/C30H19ClF4N2/c31-20-17-23(36(21-9-3-1-4-10-21)29-25(32)13-7-14-26(29)33)19-24(18-20)37(22-11-5-2-6-12-22)30-27(34)15-8-16-28(30)35/h1-19H. The van der Waals surface area contributed by atoms with Crippen LogP contribution in [0.3, 0.4) is 0 Å². The van der Waals surface area contributed by atoms with Gasteiger partial charge >= 0.3 is 0 Å². The van der Waals surface area contributed by atoms with Gasteiger partial charge in [-0.25, -0.2) is 17.6 Å². The normalized spacial score (nSPS) is 10.8. The Balaban J connectivity index is 1.77. The number of benzene rings is 5. The summed E-state index contributed by atoms with van der Waals surface area (Å²) < 4.78 is 60.2. The molecule has 5 rings (SSSR count). The van der Waals surface area contributed by atoms with E-state index in [-0.39, 0.29) is 27.8 Å². The zero-order chi connectivity index (χ0) is 25.9. The van der Waals surface area contributed by atoms with E-state index < -0.39 is 23.3 Å². The molecule has 0 heterocycles. The summed E-state index contributed by atoms with van der Waals surface area (Å²) in [6.07, 6.45) is 0. The van der Waals surface area contributed by atoms with Crippen LogP contribution in [0, 0.1) is 23.3 Å². The highest BCUT2D eigenvalue weighted by atomic mass is 35.5. The van der Waals surface area contributed by atoms with Crippen molar-refractivity contribution in [3.63, 3.8) is 0 Å². The predicted molar refractivity (Wildman–Crippen MR) is 141 cm³/mol. The maximum absolute atomic E-state index is 15.0. The van der Waals surface area contributed by atoms with Crippen molar-refractivity contribution in [3.8, 4) is 0 Å². The molecule has 0 aliphatic carbocycles. The quantitative estimate of drug-likeness (QED) is 0.206. The first-order chi connectivity index (χ1) is 17.9. The molecule has 7 heteroatoms.